The third-order valence-corrected chi connectivity index (χ3v) is 8.33. The lowest BCUT2D eigenvalue weighted by molar-refractivity contribution is -0.155. The van der Waals surface area contributed by atoms with E-state index in [1.807, 2.05) is 23.2 Å². The first kappa shape index (κ1) is 21.0. The molecule has 4 heterocycles. The number of rotatable bonds is 4. The fraction of sp³-hybridized carbons (Fsp3) is 0.519. The average molecular weight is 445 g/mol. The van der Waals surface area contributed by atoms with Crippen LogP contribution in [0, 0.1) is 17.8 Å². The second kappa shape index (κ2) is 8.33. The highest BCUT2D eigenvalue weighted by Gasteiger charge is 2.62. The quantitative estimate of drug-likeness (QED) is 0.780. The number of aliphatic imine (C=N–C) groups is 1. The summed E-state index contributed by atoms with van der Waals surface area (Å²) in [6.07, 6.45) is 7.15. The summed E-state index contributed by atoms with van der Waals surface area (Å²) in [5, 5.41) is 3.45. The maximum absolute atomic E-state index is 13.9. The Morgan fingerprint density at radius 3 is 2.70 bits per heavy atom. The minimum atomic E-state index is -0.717. The third-order valence-electron chi connectivity index (χ3n) is 8.33. The first-order chi connectivity index (χ1) is 16.2. The van der Waals surface area contributed by atoms with E-state index in [0.29, 0.717) is 18.9 Å². The van der Waals surface area contributed by atoms with Crippen LogP contribution in [0.3, 0.4) is 0 Å². The lowest BCUT2D eigenvalue weighted by atomic mass is 9.78. The molecule has 6 heteroatoms. The van der Waals surface area contributed by atoms with Crippen LogP contribution in [0.1, 0.15) is 49.7 Å². The van der Waals surface area contributed by atoms with Crippen molar-refractivity contribution < 1.29 is 9.53 Å². The molecule has 2 saturated heterocycles. The van der Waals surface area contributed by atoms with Gasteiger partial charge in [-0.3, -0.25) is 14.8 Å². The van der Waals surface area contributed by atoms with E-state index in [4.69, 9.17) is 9.73 Å². The molecule has 1 aromatic carbocycles. The summed E-state index contributed by atoms with van der Waals surface area (Å²) in [5.74, 6) is 1.04. The molecule has 1 aromatic heterocycles. The molecule has 1 N–H and O–H groups in total. The van der Waals surface area contributed by atoms with Crippen LogP contribution in [0.4, 0.5) is 0 Å². The first-order valence-electron chi connectivity index (χ1n) is 12.4. The number of hydrogen-bond donors (Lipinski definition) is 1. The van der Waals surface area contributed by atoms with E-state index < -0.39 is 5.72 Å². The van der Waals surface area contributed by atoms with Gasteiger partial charge in [0.05, 0.1) is 12.3 Å². The van der Waals surface area contributed by atoms with E-state index in [2.05, 4.69) is 47.6 Å². The molecular formula is C27H32N4O2. The predicted molar refractivity (Wildman–Crippen MR) is 126 cm³/mol. The fourth-order valence-corrected chi connectivity index (χ4v) is 6.44. The Kier molecular flexibility index (Phi) is 5.30. The van der Waals surface area contributed by atoms with Crippen molar-refractivity contribution in [1.82, 2.24) is 15.2 Å². The van der Waals surface area contributed by atoms with Crippen molar-refractivity contribution in [1.29, 1.82) is 0 Å². The minimum absolute atomic E-state index is 0.0636. The van der Waals surface area contributed by atoms with Crippen molar-refractivity contribution in [3.63, 3.8) is 0 Å². The maximum atomic E-state index is 13.9. The van der Waals surface area contributed by atoms with Crippen molar-refractivity contribution in [3.05, 3.63) is 66.0 Å². The number of fused-ring (bicyclic) bond motifs is 1. The van der Waals surface area contributed by atoms with E-state index >= 15 is 0 Å². The third kappa shape index (κ3) is 3.51. The molecule has 1 spiro atoms. The molecule has 2 aromatic rings. The van der Waals surface area contributed by atoms with E-state index in [1.165, 1.54) is 5.56 Å². The minimum Gasteiger partial charge on any atom is -0.325 e. The Labute approximate surface area is 195 Å². The zero-order chi connectivity index (χ0) is 22.4. The average Bonchev–Trinajstić information content (AvgIpc) is 3.32. The molecule has 33 heavy (non-hydrogen) atoms. The van der Waals surface area contributed by atoms with Gasteiger partial charge in [-0.1, -0.05) is 43.3 Å². The van der Waals surface area contributed by atoms with E-state index in [9.17, 15) is 4.79 Å². The second-order valence-corrected chi connectivity index (χ2v) is 10.1. The summed E-state index contributed by atoms with van der Waals surface area (Å²) in [7, 11) is 0. The van der Waals surface area contributed by atoms with Gasteiger partial charge in [-0.05, 0) is 61.4 Å². The highest BCUT2D eigenvalue weighted by Crippen LogP contribution is 2.53. The van der Waals surface area contributed by atoms with Crippen LogP contribution in [-0.4, -0.2) is 46.5 Å². The lowest BCUT2D eigenvalue weighted by Gasteiger charge is -2.38. The van der Waals surface area contributed by atoms with E-state index in [0.717, 1.165) is 43.6 Å². The molecule has 1 saturated carbocycles. The van der Waals surface area contributed by atoms with Crippen molar-refractivity contribution in [2.75, 3.05) is 13.1 Å². The summed E-state index contributed by atoms with van der Waals surface area (Å²) in [4.78, 5) is 25.4. The maximum Gasteiger partial charge on any atom is 0.229 e. The van der Waals surface area contributed by atoms with Gasteiger partial charge >= 0.3 is 0 Å². The summed E-state index contributed by atoms with van der Waals surface area (Å²) in [5.41, 5.74) is 2.69. The number of nitrogens with one attached hydrogen (secondary N) is 1. The Balaban J connectivity index is 1.40. The van der Waals surface area contributed by atoms with Crippen molar-refractivity contribution in [3.8, 4) is 0 Å². The van der Waals surface area contributed by atoms with Gasteiger partial charge in [-0.25, -0.2) is 0 Å². The molecular weight excluding hydrogens is 412 g/mol. The molecule has 2 bridgehead atoms. The highest BCUT2D eigenvalue weighted by molar-refractivity contribution is 6.01. The number of nitrogens with zero attached hydrogens (tertiary/aromatic N) is 3. The van der Waals surface area contributed by atoms with Gasteiger partial charge in [0.1, 0.15) is 0 Å². The number of likely N-dealkylation sites (tertiary alicyclic amines) is 1. The van der Waals surface area contributed by atoms with Gasteiger partial charge in [-0.15, -0.1) is 0 Å². The number of hydrogen-bond acceptors (Lipinski definition) is 5. The molecule has 5 atom stereocenters. The van der Waals surface area contributed by atoms with Crippen LogP contribution in [0.2, 0.25) is 0 Å². The smallest absolute Gasteiger partial charge is 0.229 e. The van der Waals surface area contributed by atoms with Gasteiger partial charge in [0.2, 0.25) is 5.91 Å². The van der Waals surface area contributed by atoms with Crippen LogP contribution in [0.5, 0.6) is 0 Å². The Morgan fingerprint density at radius 1 is 1.12 bits per heavy atom. The predicted octanol–water partition coefficient (Wildman–Crippen LogP) is 3.75. The van der Waals surface area contributed by atoms with Gasteiger partial charge < -0.3 is 15.0 Å². The Bertz CT molecular complexity index is 1040. The van der Waals surface area contributed by atoms with Crippen molar-refractivity contribution in [2.45, 2.75) is 57.0 Å². The molecule has 3 fully saturated rings. The SMILES string of the molecule is C[C@H]1C2C[C@@]3(O[C@H](C4CCNCC4)N=C3C[C@@H]1c1ccccc1)N(Cc1cccnc1)C2=O. The molecule has 6 nitrogen and oxygen atoms in total. The summed E-state index contributed by atoms with van der Waals surface area (Å²) in [6.45, 7) is 4.78. The van der Waals surface area contributed by atoms with Gasteiger partial charge in [0, 0.05) is 30.7 Å². The number of carbonyl (C=O) groups excluding carboxylic acids is 1. The number of benzene rings is 1. The molecule has 6 rings (SSSR count). The normalized spacial score (nSPS) is 34.2. The number of pyridine rings is 1. The topological polar surface area (TPSA) is 66.8 Å². The van der Waals surface area contributed by atoms with Crippen LogP contribution < -0.4 is 5.32 Å². The molecule has 1 aliphatic carbocycles. The fourth-order valence-electron chi connectivity index (χ4n) is 6.44. The monoisotopic (exact) mass is 444 g/mol. The molecule has 3 aliphatic heterocycles. The Hall–Kier alpha value is -2.57. The number of ether oxygens (including phenoxy) is 1. The second-order valence-electron chi connectivity index (χ2n) is 10.1. The summed E-state index contributed by atoms with van der Waals surface area (Å²) < 4.78 is 6.90. The van der Waals surface area contributed by atoms with Crippen LogP contribution in [-0.2, 0) is 16.1 Å². The van der Waals surface area contributed by atoms with Crippen molar-refractivity contribution in [2.24, 2.45) is 22.7 Å². The molecule has 1 amide bonds. The number of amides is 1. The van der Waals surface area contributed by atoms with Crippen LogP contribution >= 0.6 is 0 Å². The summed E-state index contributed by atoms with van der Waals surface area (Å²) in [6, 6.07) is 14.6. The largest absolute Gasteiger partial charge is 0.325 e. The van der Waals surface area contributed by atoms with Crippen LogP contribution in [0.15, 0.2) is 59.9 Å². The standard InChI is InChI=1S/C27H32N4O2/c1-18-22(20-7-3-2-4-8-20)14-24-27(33-25(30-24)21-9-12-28-13-10-21)15-23(18)26(32)31(27)17-19-6-5-11-29-16-19/h2-8,11,16,18,21-23,25,28H,9-10,12-15,17H2,1H3/t18-,22+,23?,25-,27+/m1/s1. The lowest BCUT2D eigenvalue weighted by Crippen LogP contribution is -2.52. The Morgan fingerprint density at radius 2 is 1.94 bits per heavy atom. The number of aromatic nitrogens is 1. The van der Waals surface area contributed by atoms with Gasteiger partial charge in [0.25, 0.3) is 0 Å². The van der Waals surface area contributed by atoms with Crippen LogP contribution in [0.25, 0.3) is 0 Å². The summed E-state index contributed by atoms with van der Waals surface area (Å²) >= 11 is 0. The molecule has 172 valence electrons. The first-order valence-corrected chi connectivity index (χ1v) is 12.4. The zero-order valence-electron chi connectivity index (χ0n) is 19.2. The number of piperidine rings is 1. The molecule has 4 aliphatic rings. The van der Waals surface area contributed by atoms with Gasteiger partial charge in [0.15, 0.2) is 12.0 Å². The van der Waals surface area contributed by atoms with Gasteiger partial charge in [-0.2, -0.15) is 0 Å². The van der Waals surface area contributed by atoms with Crippen molar-refractivity contribution >= 4 is 11.6 Å². The zero-order valence-corrected chi connectivity index (χ0v) is 19.2. The van der Waals surface area contributed by atoms with E-state index in [1.54, 1.807) is 6.20 Å². The highest BCUT2D eigenvalue weighted by atomic mass is 16.6. The number of carbonyl (C=O) groups is 1. The molecule has 0 radical (unpaired) electrons. The van der Waals surface area contributed by atoms with E-state index in [-0.39, 0.29) is 29.9 Å². The molecule has 1 unspecified atom stereocenters.